The lowest BCUT2D eigenvalue weighted by Gasteiger charge is -2.19. The highest BCUT2D eigenvalue weighted by Crippen LogP contribution is 2.09. The van der Waals surface area contributed by atoms with Crippen molar-refractivity contribution >= 4 is 5.91 Å². The Kier molecular flexibility index (Phi) is 6.46. The molecule has 0 aromatic heterocycles. The van der Waals surface area contributed by atoms with Crippen molar-refractivity contribution in [3.8, 4) is 0 Å². The molecule has 0 aromatic carbocycles. The molecule has 3 nitrogen and oxygen atoms in total. The molecule has 0 saturated carbocycles. The smallest absolute Gasteiger partial charge is 0.221 e. The average Bonchev–Trinajstić information content (AvgIpc) is 2.51. The number of carbonyl (C=O) groups excluding carboxylic acids is 1. The van der Waals surface area contributed by atoms with Crippen LogP contribution in [0.4, 0.5) is 0 Å². The summed E-state index contributed by atoms with van der Waals surface area (Å²) in [6, 6.07) is 0. The van der Waals surface area contributed by atoms with Gasteiger partial charge in [-0.25, -0.2) is 0 Å². The topological polar surface area (TPSA) is 32.3 Å². The number of hydrogen-bond acceptors (Lipinski definition) is 2. The second kappa shape index (κ2) is 7.66. The van der Waals surface area contributed by atoms with Crippen LogP contribution in [0, 0.1) is 5.92 Å². The number of carbonyl (C=O) groups is 1. The Balaban J connectivity index is 2.10. The van der Waals surface area contributed by atoms with E-state index in [1.807, 2.05) is 0 Å². The molecule has 0 aromatic rings. The van der Waals surface area contributed by atoms with Crippen LogP contribution in [0.15, 0.2) is 0 Å². The maximum atomic E-state index is 11.5. The van der Waals surface area contributed by atoms with E-state index in [-0.39, 0.29) is 5.91 Å². The van der Waals surface area contributed by atoms with Gasteiger partial charge in [0, 0.05) is 19.5 Å². The minimum absolute atomic E-state index is 0.206. The summed E-state index contributed by atoms with van der Waals surface area (Å²) < 4.78 is 0. The highest BCUT2D eigenvalue weighted by Gasteiger charge is 2.10. The van der Waals surface area contributed by atoms with Gasteiger partial charge in [0.05, 0.1) is 0 Å². The first-order chi connectivity index (χ1) is 7.68. The van der Waals surface area contributed by atoms with Gasteiger partial charge in [-0.05, 0) is 31.8 Å². The van der Waals surface area contributed by atoms with Crippen LogP contribution < -0.4 is 5.32 Å². The molecule has 0 aliphatic carbocycles. The normalized spacial score (nSPS) is 18.4. The zero-order chi connectivity index (χ0) is 11.8. The Morgan fingerprint density at radius 2 is 1.81 bits per heavy atom. The van der Waals surface area contributed by atoms with E-state index in [0.717, 1.165) is 13.1 Å². The third kappa shape index (κ3) is 6.11. The fourth-order valence-corrected chi connectivity index (χ4v) is 2.03. The fraction of sp³-hybridized carbons (Fsp3) is 0.923. The maximum Gasteiger partial charge on any atom is 0.221 e. The van der Waals surface area contributed by atoms with Gasteiger partial charge in [0.2, 0.25) is 5.91 Å². The second-order valence-electron chi connectivity index (χ2n) is 5.20. The van der Waals surface area contributed by atoms with E-state index in [9.17, 15) is 4.79 Å². The summed E-state index contributed by atoms with van der Waals surface area (Å²) in [6.07, 6.45) is 5.97. The van der Waals surface area contributed by atoms with E-state index in [0.29, 0.717) is 12.3 Å². The molecular formula is C13H26N2O. The molecule has 1 aliphatic heterocycles. The standard InChI is InChI=1S/C13H26N2O/c1-12(2)11-14-13(16)7-10-15-8-5-3-4-6-9-15/h12H,3-11H2,1-2H3,(H,14,16). The molecular weight excluding hydrogens is 200 g/mol. The molecule has 1 aliphatic rings. The fourth-order valence-electron chi connectivity index (χ4n) is 2.03. The summed E-state index contributed by atoms with van der Waals surface area (Å²) >= 11 is 0. The SMILES string of the molecule is CC(C)CNC(=O)CCN1CCCCCC1. The van der Waals surface area contributed by atoms with Crippen LogP contribution in [0.25, 0.3) is 0 Å². The summed E-state index contributed by atoms with van der Waals surface area (Å²) in [5.74, 6) is 0.750. The van der Waals surface area contributed by atoms with E-state index in [2.05, 4.69) is 24.1 Å². The van der Waals surface area contributed by atoms with Gasteiger partial charge in [-0.2, -0.15) is 0 Å². The number of amides is 1. The highest BCUT2D eigenvalue weighted by atomic mass is 16.1. The van der Waals surface area contributed by atoms with Crippen molar-refractivity contribution in [1.29, 1.82) is 0 Å². The van der Waals surface area contributed by atoms with Crippen LogP contribution >= 0.6 is 0 Å². The molecule has 1 amide bonds. The van der Waals surface area contributed by atoms with Crippen molar-refractivity contribution in [2.75, 3.05) is 26.2 Å². The first-order valence-corrected chi connectivity index (χ1v) is 6.67. The number of nitrogens with zero attached hydrogens (tertiary/aromatic N) is 1. The number of nitrogens with one attached hydrogen (secondary N) is 1. The van der Waals surface area contributed by atoms with E-state index in [1.54, 1.807) is 0 Å². The third-order valence-corrected chi connectivity index (χ3v) is 3.06. The molecule has 1 rings (SSSR count). The summed E-state index contributed by atoms with van der Waals surface area (Å²) in [5, 5.41) is 2.97. The molecule has 0 bridgehead atoms. The summed E-state index contributed by atoms with van der Waals surface area (Å²) in [4.78, 5) is 14.0. The summed E-state index contributed by atoms with van der Waals surface area (Å²) in [6.45, 7) is 8.34. The second-order valence-corrected chi connectivity index (χ2v) is 5.20. The Labute approximate surface area is 99.6 Å². The van der Waals surface area contributed by atoms with Crippen molar-refractivity contribution in [2.45, 2.75) is 46.0 Å². The maximum absolute atomic E-state index is 11.5. The molecule has 3 heteroatoms. The van der Waals surface area contributed by atoms with Crippen molar-refractivity contribution in [3.05, 3.63) is 0 Å². The number of hydrogen-bond donors (Lipinski definition) is 1. The number of likely N-dealkylation sites (tertiary alicyclic amines) is 1. The summed E-state index contributed by atoms with van der Waals surface area (Å²) in [7, 11) is 0. The number of rotatable bonds is 5. The highest BCUT2D eigenvalue weighted by molar-refractivity contribution is 5.76. The van der Waals surface area contributed by atoms with Crippen LogP contribution in [-0.4, -0.2) is 37.0 Å². The summed E-state index contributed by atoms with van der Waals surface area (Å²) in [5.41, 5.74) is 0. The Bertz CT molecular complexity index is 196. The Morgan fingerprint density at radius 3 is 2.38 bits per heavy atom. The molecule has 0 radical (unpaired) electrons. The molecule has 1 saturated heterocycles. The zero-order valence-corrected chi connectivity index (χ0v) is 10.8. The molecule has 1 heterocycles. The predicted octanol–water partition coefficient (Wildman–Crippen LogP) is 2.02. The first-order valence-electron chi connectivity index (χ1n) is 6.67. The van der Waals surface area contributed by atoms with Gasteiger partial charge in [0.1, 0.15) is 0 Å². The largest absolute Gasteiger partial charge is 0.356 e. The van der Waals surface area contributed by atoms with Gasteiger partial charge in [0.15, 0.2) is 0 Å². The molecule has 94 valence electrons. The van der Waals surface area contributed by atoms with Crippen LogP contribution in [0.1, 0.15) is 46.0 Å². The zero-order valence-electron chi connectivity index (χ0n) is 10.8. The lowest BCUT2D eigenvalue weighted by atomic mass is 10.2. The minimum atomic E-state index is 0.206. The van der Waals surface area contributed by atoms with Crippen LogP contribution in [0.3, 0.4) is 0 Å². The molecule has 0 unspecified atom stereocenters. The van der Waals surface area contributed by atoms with Gasteiger partial charge in [0.25, 0.3) is 0 Å². The molecule has 1 fully saturated rings. The van der Waals surface area contributed by atoms with Gasteiger partial charge < -0.3 is 10.2 Å². The minimum Gasteiger partial charge on any atom is -0.356 e. The Hall–Kier alpha value is -0.570. The van der Waals surface area contributed by atoms with Gasteiger partial charge >= 0.3 is 0 Å². The van der Waals surface area contributed by atoms with Gasteiger partial charge in [-0.1, -0.05) is 26.7 Å². The van der Waals surface area contributed by atoms with Crippen molar-refractivity contribution < 1.29 is 4.79 Å². The average molecular weight is 226 g/mol. The molecule has 1 N–H and O–H groups in total. The predicted molar refractivity (Wildman–Crippen MR) is 67.4 cm³/mol. The molecule has 16 heavy (non-hydrogen) atoms. The van der Waals surface area contributed by atoms with Gasteiger partial charge in [-0.3, -0.25) is 4.79 Å². The Morgan fingerprint density at radius 1 is 1.19 bits per heavy atom. The van der Waals surface area contributed by atoms with E-state index >= 15 is 0 Å². The third-order valence-electron chi connectivity index (χ3n) is 3.06. The monoisotopic (exact) mass is 226 g/mol. The quantitative estimate of drug-likeness (QED) is 0.778. The lowest BCUT2D eigenvalue weighted by Crippen LogP contribution is -2.33. The van der Waals surface area contributed by atoms with Crippen LogP contribution in [0.2, 0.25) is 0 Å². The van der Waals surface area contributed by atoms with E-state index in [4.69, 9.17) is 0 Å². The van der Waals surface area contributed by atoms with Gasteiger partial charge in [-0.15, -0.1) is 0 Å². The van der Waals surface area contributed by atoms with Crippen molar-refractivity contribution in [1.82, 2.24) is 10.2 Å². The lowest BCUT2D eigenvalue weighted by molar-refractivity contribution is -0.121. The molecule has 0 atom stereocenters. The van der Waals surface area contributed by atoms with Crippen molar-refractivity contribution in [3.63, 3.8) is 0 Å². The molecule has 0 spiro atoms. The van der Waals surface area contributed by atoms with Crippen molar-refractivity contribution in [2.24, 2.45) is 5.92 Å². The first kappa shape index (κ1) is 13.5. The van der Waals surface area contributed by atoms with E-state index < -0.39 is 0 Å². The van der Waals surface area contributed by atoms with E-state index in [1.165, 1.54) is 38.8 Å². The van der Waals surface area contributed by atoms with Crippen LogP contribution in [0.5, 0.6) is 0 Å². The van der Waals surface area contributed by atoms with Crippen LogP contribution in [-0.2, 0) is 4.79 Å².